The number of nitrogens with one attached hydrogen (secondary N) is 1. The number of urea groups is 1. The quantitative estimate of drug-likeness (QED) is 0.939. The number of methoxy groups -OCH3 is 1. The number of carbonyl (C=O) groups is 1. The molecule has 0 bridgehead atoms. The lowest BCUT2D eigenvalue weighted by molar-refractivity contribution is 0.212. The predicted octanol–water partition coefficient (Wildman–Crippen LogP) is 2.99. The molecule has 1 fully saturated rings. The number of amides is 2. The molecule has 1 N–H and O–H groups in total. The van der Waals surface area contributed by atoms with Crippen LogP contribution in [0.1, 0.15) is 29.8 Å². The summed E-state index contributed by atoms with van der Waals surface area (Å²) in [6.07, 6.45) is 6.88. The Bertz CT molecular complexity index is 756. The van der Waals surface area contributed by atoms with Gasteiger partial charge in [0.1, 0.15) is 11.6 Å². The van der Waals surface area contributed by atoms with Crippen molar-refractivity contribution in [3.05, 3.63) is 47.5 Å². The Morgan fingerprint density at radius 3 is 2.71 bits per heavy atom. The average molecular weight is 324 g/mol. The highest BCUT2D eigenvalue weighted by Gasteiger charge is 2.24. The molecule has 6 heteroatoms. The number of rotatable bonds is 4. The van der Waals surface area contributed by atoms with Gasteiger partial charge in [-0.05, 0) is 42.0 Å². The Labute approximate surface area is 140 Å². The van der Waals surface area contributed by atoms with Crippen LogP contribution in [0.4, 0.5) is 10.5 Å². The predicted molar refractivity (Wildman–Crippen MR) is 89.7 cm³/mol. The van der Waals surface area contributed by atoms with Crippen LogP contribution in [0.15, 0.2) is 30.6 Å². The van der Waals surface area contributed by atoms with Gasteiger partial charge in [-0.15, -0.1) is 0 Å². The zero-order valence-corrected chi connectivity index (χ0v) is 13.7. The lowest BCUT2D eigenvalue weighted by Gasteiger charge is -2.16. The van der Waals surface area contributed by atoms with Gasteiger partial charge in [-0.3, -0.25) is 0 Å². The first-order chi connectivity index (χ1) is 11.7. The molecule has 0 radical (unpaired) electrons. The molecule has 6 nitrogen and oxygen atoms in total. The molecule has 1 saturated carbocycles. The van der Waals surface area contributed by atoms with Crippen LogP contribution in [-0.4, -0.2) is 28.0 Å². The minimum Gasteiger partial charge on any atom is -0.497 e. The van der Waals surface area contributed by atoms with Crippen molar-refractivity contribution in [2.75, 3.05) is 12.4 Å². The van der Waals surface area contributed by atoms with E-state index in [0.29, 0.717) is 18.8 Å². The fourth-order valence-electron chi connectivity index (χ4n) is 2.95. The lowest BCUT2D eigenvalue weighted by atomic mass is 10.1. The largest absolute Gasteiger partial charge is 0.497 e. The van der Waals surface area contributed by atoms with Crippen LogP contribution in [0.2, 0.25) is 0 Å². The number of benzene rings is 1. The third-order valence-corrected chi connectivity index (χ3v) is 4.55. The van der Waals surface area contributed by atoms with Crippen molar-refractivity contribution in [3.8, 4) is 5.75 Å². The summed E-state index contributed by atoms with van der Waals surface area (Å²) in [7, 11) is 1.65. The van der Waals surface area contributed by atoms with Gasteiger partial charge in [0.25, 0.3) is 0 Å². The molecule has 1 aromatic carbocycles. The number of fused-ring (bicyclic) bond motifs is 1. The zero-order chi connectivity index (χ0) is 16.5. The number of ether oxygens (including phenoxy) is 1. The molecule has 1 aliphatic carbocycles. The first-order valence-corrected chi connectivity index (χ1v) is 8.24. The molecule has 4 rings (SSSR count). The average Bonchev–Trinajstić information content (AvgIpc) is 3.31. The van der Waals surface area contributed by atoms with Crippen molar-refractivity contribution in [1.82, 2.24) is 14.9 Å². The summed E-state index contributed by atoms with van der Waals surface area (Å²) in [5.41, 5.74) is 2.91. The van der Waals surface area contributed by atoms with Crippen LogP contribution in [-0.2, 0) is 19.5 Å². The third kappa shape index (κ3) is 3.18. The van der Waals surface area contributed by atoms with E-state index in [2.05, 4.69) is 15.3 Å². The Morgan fingerprint density at radius 2 is 2.00 bits per heavy atom. The van der Waals surface area contributed by atoms with E-state index in [9.17, 15) is 4.79 Å². The molecule has 0 saturated heterocycles. The van der Waals surface area contributed by atoms with Crippen molar-refractivity contribution in [3.63, 3.8) is 0 Å². The van der Waals surface area contributed by atoms with Crippen LogP contribution in [0.3, 0.4) is 0 Å². The van der Waals surface area contributed by atoms with Gasteiger partial charge in [0.15, 0.2) is 0 Å². The molecule has 2 aliphatic rings. The summed E-state index contributed by atoms with van der Waals surface area (Å²) in [6.45, 7) is 1.19. The number of nitrogens with zero attached hydrogens (tertiary/aromatic N) is 3. The van der Waals surface area contributed by atoms with Crippen molar-refractivity contribution >= 4 is 11.7 Å². The van der Waals surface area contributed by atoms with Gasteiger partial charge in [-0.2, -0.15) is 0 Å². The Morgan fingerprint density at radius 1 is 1.25 bits per heavy atom. The van der Waals surface area contributed by atoms with Crippen LogP contribution in [0.5, 0.6) is 5.75 Å². The molecule has 2 heterocycles. The normalized spacial score (nSPS) is 16.0. The summed E-state index contributed by atoms with van der Waals surface area (Å²) in [6, 6.07) is 5.78. The van der Waals surface area contributed by atoms with Gasteiger partial charge in [0, 0.05) is 19.5 Å². The molecule has 2 amide bonds. The second-order valence-corrected chi connectivity index (χ2v) is 6.46. The van der Waals surface area contributed by atoms with Crippen LogP contribution >= 0.6 is 0 Å². The molecular weight excluding hydrogens is 304 g/mol. The summed E-state index contributed by atoms with van der Waals surface area (Å²) in [5.74, 6) is 2.43. The van der Waals surface area contributed by atoms with Gasteiger partial charge in [-0.1, -0.05) is 6.07 Å². The SMILES string of the molecule is COc1ccc2c(c1)CN(C(=O)Nc1cnc(CC3CC3)nc1)C2. The topological polar surface area (TPSA) is 67.3 Å². The molecule has 124 valence electrons. The first kappa shape index (κ1) is 14.9. The van der Waals surface area contributed by atoms with Crippen molar-refractivity contribution < 1.29 is 9.53 Å². The molecule has 0 spiro atoms. The number of anilines is 1. The van der Waals surface area contributed by atoms with Crippen molar-refractivity contribution in [1.29, 1.82) is 0 Å². The van der Waals surface area contributed by atoms with Gasteiger partial charge >= 0.3 is 6.03 Å². The summed E-state index contributed by atoms with van der Waals surface area (Å²) in [4.78, 5) is 22.9. The monoisotopic (exact) mass is 324 g/mol. The number of hydrogen-bond acceptors (Lipinski definition) is 4. The van der Waals surface area contributed by atoms with Crippen LogP contribution in [0, 0.1) is 5.92 Å². The van der Waals surface area contributed by atoms with E-state index >= 15 is 0 Å². The molecule has 24 heavy (non-hydrogen) atoms. The Hall–Kier alpha value is -2.63. The van der Waals surface area contributed by atoms with Crippen LogP contribution < -0.4 is 10.1 Å². The van der Waals surface area contributed by atoms with E-state index in [1.165, 1.54) is 12.8 Å². The number of carbonyl (C=O) groups excluding carboxylic acids is 1. The van der Waals surface area contributed by atoms with E-state index in [4.69, 9.17) is 4.74 Å². The molecule has 1 aromatic heterocycles. The van der Waals surface area contributed by atoms with Gasteiger partial charge in [0.05, 0.1) is 25.2 Å². The maximum atomic E-state index is 12.4. The third-order valence-electron chi connectivity index (χ3n) is 4.55. The van der Waals surface area contributed by atoms with Gasteiger partial charge in [0.2, 0.25) is 0 Å². The standard InChI is InChI=1S/C18H20N4O2/c1-24-16-5-4-13-10-22(11-14(13)7-16)18(23)21-15-8-19-17(20-9-15)6-12-2-3-12/h4-5,7-9,12H,2-3,6,10-11H2,1H3,(H,21,23). The van der Waals surface area contributed by atoms with Crippen LogP contribution in [0.25, 0.3) is 0 Å². The van der Waals surface area contributed by atoms with Crippen molar-refractivity contribution in [2.24, 2.45) is 5.92 Å². The Balaban J connectivity index is 1.38. The first-order valence-electron chi connectivity index (χ1n) is 8.24. The van der Waals surface area contributed by atoms with Gasteiger partial charge < -0.3 is 15.0 Å². The zero-order valence-electron chi connectivity index (χ0n) is 13.7. The molecule has 0 unspecified atom stereocenters. The van der Waals surface area contributed by atoms with E-state index in [-0.39, 0.29) is 6.03 Å². The highest BCUT2D eigenvalue weighted by atomic mass is 16.5. The maximum absolute atomic E-state index is 12.4. The fraction of sp³-hybridized carbons (Fsp3) is 0.389. The van der Waals surface area contributed by atoms with Gasteiger partial charge in [-0.25, -0.2) is 14.8 Å². The van der Waals surface area contributed by atoms with E-state index in [1.54, 1.807) is 24.4 Å². The summed E-state index contributed by atoms with van der Waals surface area (Å²) >= 11 is 0. The molecule has 0 atom stereocenters. The van der Waals surface area contributed by atoms with E-state index in [1.807, 2.05) is 18.2 Å². The Kier molecular flexibility index (Phi) is 3.80. The summed E-state index contributed by atoms with van der Waals surface area (Å²) in [5, 5.41) is 2.87. The minimum absolute atomic E-state index is 0.135. The smallest absolute Gasteiger partial charge is 0.322 e. The second-order valence-electron chi connectivity index (χ2n) is 6.46. The number of hydrogen-bond donors (Lipinski definition) is 1. The van der Waals surface area contributed by atoms with E-state index in [0.717, 1.165) is 35.0 Å². The van der Waals surface area contributed by atoms with E-state index < -0.39 is 0 Å². The summed E-state index contributed by atoms with van der Waals surface area (Å²) < 4.78 is 5.24. The highest BCUT2D eigenvalue weighted by molar-refractivity contribution is 5.89. The lowest BCUT2D eigenvalue weighted by Crippen LogP contribution is -2.30. The van der Waals surface area contributed by atoms with Crippen molar-refractivity contribution in [2.45, 2.75) is 32.4 Å². The highest BCUT2D eigenvalue weighted by Crippen LogP contribution is 2.31. The molecular formula is C18H20N4O2. The maximum Gasteiger partial charge on any atom is 0.322 e. The second kappa shape index (κ2) is 6.11. The molecule has 1 aliphatic heterocycles. The fourth-order valence-corrected chi connectivity index (χ4v) is 2.95. The minimum atomic E-state index is -0.135. The molecule has 2 aromatic rings. The number of aromatic nitrogens is 2.